The molecule has 0 bridgehead atoms. The van der Waals surface area contributed by atoms with Gasteiger partial charge in [-0.15, -0.1) is 0 Å². The van der Waals surface area contributed by atoms with Crippen molar-refractivity contribution < 1.29 is 0 Å². The lowest BCUT2D eigenvalue weighted by atomic mass is 10.2. The normalized spacial score (nSPS) is 9.54. The van der Waals surface area contributed by atoms with Crippen LogP contribution in [0.5, 0.6) is 0 Å². The second-order valence-electron chi connectivity index (χ2n) is 2.69. The van der Waals surface area contributed by atoms with Crippen LogP contribution in [0.2, 0.25) is 0 Å². The van der Waals surface area contributed by atoms with Gasteiger partial charge in [0.25, 0.3) is 0 Å². The maximum Gasteiger partial charge on any atom is 0.0900 e. The van der Waals surface area contributed by atoms with Gasteiger partial charge in [-0.05, 0) is 12.5 Å². The van der Waals surface area contributed by atoms with Crippen LogP contribution in [0.1, 0.15) is 19.4 Å². The third kappa shape index (κ3) is 1.86. The summed E-state index contributed by atoms with van der Waals surface area (Å²) in [6.45, 7) is 6.04. The van der Waals surface area contributed by atoms with E-state index in [4.69, 9.17) is 0 Å². The average molecular weight is 177 g/mol. The highest BCUT2D eigenvalue weighted by molar-refractivity contribution is 5.63. The Kier molecular flexibility index (Phi) is 3.01. The van der Waals surface area contributed by atoms with E-state index < -0.39 is 0 Å². The van der Waals surface area contributed by atoms with Crippen LogP contribution in [-0.2, 0) is 7.05 Å². The second-order valence-corrected chi connectivity index (χ2v) is 2.69. The molecule has 2 aliphatic heterocycles. The molecule has 0 aromatic heterocycles. The van der Waals surface area contributed by atoms with Gasteiger partial charge in [-0.25, -0.2) is 0 Å². The number of aryl methyl sites for hydroxylation is 2. The van der Waals surface area contributed by atoms with Gasteiger partial charge >= 0.3 is 0 Å². The molecule has 0 radical (unpaired) electrons. The quantitative estimate of drug-likeness (QED) is 0.618. The Morgan fingerprint density at radius 3 is 2.62 bits per heavy atom. The number of rotatable bonds is 0. The summed E-state index contributed by atoms with van der Waals surface area (Å²) < 4.78 is 1.76. The highest BCUT2D eigenvalue weighted by atomic mass is 15.2. The summed E-state index contributed by atoms with van der Waals surface area (Å²) in [7, 11) is 1.89. The molecule has 0 spiro atoms. The van der Waals surface area contributed by atoms with E-state index in [2.05, 4.69) is 10.1 Å². The van der Waals surface area contributed by atoms with E-state index in [0.29, 0.717) is 0 Å². The summed E-state index contributed by atoms with van der Waals surface area (Å²) in [5.74, 6) is 0. The lowest BCUT2D eigenvalue weighted by Crippen LogP contribution is -1.96. The Bertz CT molecular complexity index is 351. The first-order chi connectivity index (χ1) is 6.27. The number of hydrogen-bond acceptors (Lipinski definition) is 2. The van der Waals surface area contributed by atoms with Gasteiger partial charge in [0, 0.05) is 25.0 Å². The zero-order valence-corrected chi connectivity index (χ0v) is 8.57. The molecule has 0 atom stereocenters. The highest BCUT2D eigenvalue weighted by Crippen LogP contribution is 2.21. The predicted octanol–water partition coefficient (Wildman–Crippen LogP) is 2.25. The van der Waals surface area contributed by atoms with Crippen molar-refractivity contribution >= 4 is 0 Å². The van der Waals surface area contributed by atoms with E-state index in [-0.39, 0.29) is 0 Å². The lowest BCUT2D eigenvalue weighted by molar-refractivity contribution is 0.738. The SMILES string of the molecule is CC.Cc1cnc2cn(C)ncc1-2. The molecule has 0 aliphatic carbocycles. The molecule has 0 unspecified atom stereocenters. The molecule has 2 heterocycles. The molecule has 3 heteroatoms. The minimum Gasteiger partial charge on any atom is -0.274 e. The van der Waals surface area contributed by atoms with E-state index in [0.717, 1.165) is 11.3 Å². The zero-order chi connectivity index (χ0) is 9.84. The Labute approximate surface area is 78.8 Å². The minimum atomic E-state index is 1.01. The molecule has 2 rings (SSSR count). The molecule has 0 saturated carbocycles. The predicted molar refractivity (Wildman–Crippen MR) is 53.7 cm³/mol. The van der Waals surface area contributed by atoms with Crippen LogP contribution in [0.15, 0.2) is 18.6 Å². The van der Waals surface area contributed by atoms with Crippen molar-refractivity contribution in [1.82, 2.24) is 14.8 Å². The molecule has 0 aromatic rings. The van der Waals surface area contributed by atoms with Crippen molar-refractivity contribution in [3.8, 4) is 11.3 Å². The summed E-state index contributed by atoms with van der Waals surface area (Å²) in [4.78, 5) is 4.22. The summed E-state index contributed by atoms with van der Waals surface area (Å²) >= 11 is 0. The molecular formula is C10H15N3. The molecule has 13 heavy (non-hydrogen) atoms. The van der Waals surface area contributed by atoms with Gasteiger partial charge in [-0.2, -0.15) is 5.10 Å². The summed E-state index contributed by atoms with van der Waals surface area (Å²) in [6.07, 6.45) is 5.63. The highest BCUT2D eigenvalue weighted by Gasteiger charge is 2.06. The molecule has 0 N–H and O–H groups in total. The van der Waals surface area contributed by atoms with Crippen LogP contribution in [0, 0.1) is 6.92 Å². The van der Waals surface area contributed by atoms with E-state index in [1.54, 1.807) is 4.68 Å². The Balaban J connectivity index is 0.000000396. The van der Waals surface area contributed by atoms with Gasteiger partial charge in [-0.1, -0.05) is 13.8 Å². The number of hydrogen-bond donors (Lipinski definition) is 0. The van der Waals surface area contributed by atoms with Crippen LogP contribution in [-0.4, -0.2) is 14.8 Å². The van der Waals surface area contributed by atoms with Gasteiger partial charge in [0.05, 0.1) is 11.9 Å². The van der Waals surface area contributed by atoms with E-state index in [9.17, 15) is 0 Å². The van der Waals surface area contributed by atoms with Crippen molar-refractivity contribution in [1.29, 1.82) is 0 Å². The molecular weight excluding hydrogens is 162 g/mol. The molecule has 0 amide bonds. The van der Waals surface area contributed by atoms with Crippen molar-refractivity contribution in [3.63, 3.8) is 0 Å². The van der Waals surface area contributed by atoms with Gasteiger partial charge in [-0.3, -0.25) is 9.67 Å². The molecule has 0 saturated heterocycles. The van der Waals surface area contributed by atoms with Crippen LogP contribution < -0.4 is 0 Å². The van der Waals surface area contributed by atoms with E-state index in [1.165, 1.54) is 5.56 Å². The maximum absolute atomic E-state index is 4.22. The van der Waals surface area contributed by atoms with E-state index in [1.807, 2.05) is 46.4 Å². The molecule has 70 valence electrons. The van der Waals surface area contributed by atoms with Crippen LogP contribution in [0.25, 0.3) is 11.3 Å². The smallest absolute Gasteiger partial charge is 0.0900 e. The minimum absolute atomic E-state index is 1.01. The first-order valence-electron chi connectivity index (χ1n) is 4.51. The fraction of sp³-hybridized carbons (Fsp3) is 0.400. The van der Waals surface area contributed by atoms with Crippen LogP contribution >= 0.6 is 0 Å². The average Bonchev–Trinajstić information content (AvgIpc) is 2.51. The third-order valence-corrected chi connectivity index (χ3v) is 1.78. The zero-order valence-electron chi connectivity index (χ0n) is 8.57. The second kappa shape index (κ2) is 4.03. The van der Waals surface area contributed by atoms with Crippen molar-refractivity contribution in [2.75, 3.05) is 0 Å². The first kappa shape index (κ1) is 9.71. The van der Waals surface area contributed by atoms with Gasteiger partial charge < -0.3 is 0 Å². The largest absolute Gasteiger partial charge is 0.274 e. The number of nitrogens with zero attached hydrogens (tertiary/aromatic N) is 3. The topological polar surface area (TPSA) is 30.7 Å². The molecule has 0 aromatic carbocycles. The van der Waals surface area contributed by atoms with Crippen LogP contribution in [0.3, 0.4) is 0 Å². The Morgan fingerprint density at radius 2 is 1.92 bits per heavy atom. The monoisotopic (exact) mass is 177 g/mol. The third-order valence-electron chi connectivity index (χ3n) is 1.78. The van der Waals surface area contributed by atoms with Crippen LogP contribution in [0.4, 0.5) is 0 Å². The Hall–Kier alpha value is -1.38. The van der Waals surface area contributed by atoms with Crippen molar-refractivity contribution in [2.45, 2.75) is 20.8 Å². The standard InChI is InChI=1S/C8H9N3.C2H6/c1-6-3-9-8-5-11(2)10-4-7(6)8;1-2/h3-5H,1-2H3;1-2H3. The fourth-order valence-corrected chi connectivity index (χ4v) is 1.14. The summed E-state index contributed by atoms with van der Waals surface area (Å²) in [5, 5.41) is 4.12. The number of fused-ring (bicyclic) bond motifs is 1. The van der Waals surface area contributed by atoms with E-state index >= 15 is 0 Å². The van der Waals surface area contributed by atoms with Crippen molar-refractivity contribution in [2.24, 2.45) is 7.05 Å². The fourth-order valence-electron chi connectivity index (χ4n) is 1.14. The Morgan fingerprint density at radius 1 is 1.23 bits per heavy atom. The first-order valence-corrected chi connectivity index (χ1v) is 4.51. The van der Waals surface area contributed by atoms with Crippen molar-refractivity contribution in [3.05, 3.63) is 24.2 Å². The summed E-state index contributed by atoms with van der Waals surface area (Å²) in [6, 6.07) is 0. The molecule has 0 fully saturated rings. The lowest BCUT2D eigenvalue weighted by Gasteiger charge is -2.00. The number of aromatic nitrogens is 3. The molecule has 2 aliphatic rings. The van der Waals surface area contributed by atoms with Gasteiger partial charge in [0.15, 0.2) is 0 Å². The van der Waals surface area contributed by atoms with Gasteiger partial charge in [0.1, 0.15) is 0 Å². The summed E-state index contributed by atoms with van der Waals surface area (Å²) in [5.41, 5.74) is 3.34. The molecule has 3 nitrogen and oxygen atoms in total. The van der Waals surface area contributed by atoms with Gasteiger partial charge in [0.2, 0.25) is 0 Å². The maximum atomic E-state index is 4.22.